The van der Waals surface area contributed by atoms with Gasteiger partial charge in [0.1, 0.15) is 0 Å². The molecule has 0 radical (unpaired) electrons. The van der Waals surface area contributed by atoms with Crippen LogP contribution in [0.3, 0.4) is 0 Å². The summed E-state index contributed by atoms with van der Waals surface area (Å²) in [5.74, 6) is 0. The number of rotatable bonds is 2. The van der Waals surface area contributed by atoms with Crippen molar-refractivity contribution in [1.82, 2.24) is 4.90 Å². The van der Waals surface area contributed by atoms with Gasteiger partial charge in [0.2, 0.25) is 6.41 Å². The van der Waals surface area contributed by atoms with Gasteiger partial charge in [-0.2, -0.15) is 13.2 Å². The number of likely N-dealkylation sites (tertiary alicyclic amines) is 1. The minimum Gasteiger partial charge on any atom is -0.342 e. The Hall–Kier alpha value is -1.59. The lowest BCUT2D eigenvalue weighted by atomic mass is 9.94. The van der Waals surface area contributed by atoms with E-state index in [4.69, 9.17) is 0 Å². The number of hydrogen-bond acceptors (Lipinski definition) is 1. The summed E-state index contributed by atoms with van der Waals surface area (Å²) in [5.41, 5.74) is -2.37. The van der Waals surface area contributed by atoms with Gasteiger partial charge >= 0.3 is 6.18 Å². The van der Waals surface area contributed by atoms with Crippen molar-refractivity contribution in [2.75, 3.05) is 13.1 Å². The third-order valence-corrected chi connectivity index (χ3v) is 3.13. The maximum Gasteiger partial charge on any atom is 0.416 e. The van der Waals surface area contributed by atoms with Crippen molar-refractivity contribution in [1.29, 1.82) is 0 Å². The van der Waals surface area contributed by atoms with E-state index in [0.717, 1.165) is 24.3 Å². The molecule has 0 unspecified atom stereocenters. The Kier molecular flexibility index (Phi) is 3.04. The Morgan fingerprint density at radius 1 is 1.22 bits per heavy atom. The Morgan fingerprint density at radius 3 is 2.28 bits per heavy atom. The topological polar surface area (TPSA) is 20.3 Å². The Bertz CT molecular complexity index is 442. The van der Waals surface area contributed by atoms with Crippen molar-refractivity contribution < 1.29 is 22.4 Å². The van der Waals surface area contributed by atoms with Gasteiger partial charge in [0.05, 0.1) is 12.1 Å². The SMILES string of the molecule is O=CN1CC[C@](F)(c2ccc(C(F)(F)F)cc2)C1. The molecule has 2 rings (SSSR count). The molecule has 18 heavy (non-hydrogen) atoms. The molecule has 2 nitrogen and oxygen atoms in total. The van der Waals surface area contributed by atoms with Crippen LogP contribution in [0, 0.1) is 0 Å². The maximum atomic E-state index is 14.4. The lowest BCUT2D eigenvalue weighted by Crippen LogP contribution is -2.26. The second kappa shape index (κ2) is 4.26. The van der Waals surface area contributed by atoms with E-state index in [1.165, 1.54) is 4.90 Å². The van der Waals surface area contributed by atoms with Gasteiger partial charge in [-0.1, -0.05) is 12.1 Å². The number of hydrogen-bond donors (Lipinski definition) is 0. The van der Waals surface area contributed by atoms with Gasteiger partial charge in [0, 0.05) is 13.0 Å². The summed E-state index contributed by atoms with van der Waals surface area (Å²) in [6.45, 7) is 0.170. The Morgan fingerprint density at radius 2 is 1.83 bits per heavy atom. The molecular weight excluding hydrogens is 250 g/mol. The predicted octanol–water partition coefficient (Wildman–Crippen LogP) is 2.73. The molecule has 0 spiro atoms. The average molecular weight is 261 g/mol. The van der Waals surface area contributed by atoms with Gasteiger partial charge in [-0.05, 0) is 17.7 Å². The van der Waals surface area contributed by atoms with E-state index in [-0.39, 0.29) is 25.1 Å². The van der Waals surface area contributed by atoms with Gasteiger partial charge in [-0.25, -0.2) is 4.39 Å². The molecule has 1 heterocycles. The summed E-state index contributed by atoms with van der Waals surface area (Å²) in [5, 5.41) is 0. The van der Waals surface area contributed by atoms with Gasteiger partial charge in [0.15, 0.2) is 5.67 Å². The summed E-state index contributed by atoms with van der Waals surface area (Å²) >= 11 is 0. The number of carbonyl (C=O) groups is 1. The zero-order chi connectivity index (χ0) is 13.4. The normalized spacial score (nSPS) is 24.3. The molecule has 1 atom stereocenters. The van der Waals surface area contributed by atoms with E-state index >= 15 is 0 Å². The zero-order valence-electron chi connectivity index (χ0n) is 9.38. The minimum absolute atomic E-state index is 0.108. The number of alkyl halides is 4. The fourth-order valence-electron chi connectivity index (χ4n) is 2.08. The van der Waals surface area contributed by atoms with Crippen LogP contribution in [0.4, 0.5) is 17.6 Å². The van der Waals surface area contributed by atoms with Gasteiger partial charge < -0.3 is 4.90 Å². The lowest BCUT2D eigenvalue weighted by molar-refractivity contribution is -0.137. The fourth-order valence-corrected chi connectivity index (χ4v) is 2.08. The van der Waals surface area contributed by atoms with Crippen LogP contribution in [-0.4, -0.2) is 24.4 Å². The van der Waals surface area contributed by atoms with Crippen molar-refractivity contribution in [3.63, 3.8) is 0 Å². The molecule has 0 aliphatic carbocycles. The van der Waals surface area contributed by atoms with Crippen LogP contribution in [-0.2, 0) is 16.6 Å². The summed E-state index contributed by atoms with van der Waals surface area (Å²) in [6.07, 6.45) is -3.77. The molecule has 0 aromatic heterocycles. The molecule has 0 saturated carbocycles. The molecule has 1 aliphatic heterocycles. The van der Waals surface area contributed by atoms with E-state index in [1.54, 1.807) is 0 Å². The third kappa shape index (κ3) is 2.32. The first-order valence-electron chi connectivity index (χ1n) is 5.41. The van der Waals surface area contributed by atoms with E-state index < -0.39 is 17.4 Å². The fraction of sp³-hybridized carbons (Fsp3) is 0.417. The van der Waals surface area contributed by atoms with Crippen molar-refractivity contribution in [2.45, 2.75) is 18.3 Å². The number of amides is 1. The molecule has 1 aromatic carbocycles. The van der Waals surface area contributed by atoms with Gasteiger partial charge in [-0.15, -0.1) is 0 Å². The third-order valence-electron chi connectivity index (χ3n) is 3.13. The van der Waals surface area contributed by atoms with Crippen LogP contribution in [0.15, 0.2) is 24.3 Å². The number of benzene rings is 1. The van der Waals surface area contributed by atoms with E-state index in [2.05, 4.69) is 0 Å². The van der Waals surface area contributed by atoms with Gasteiger partial charge in [-0.3, -0.25) is 4.79 Å². The van der Waals surface area contributed by atoms with Crippen LogP contribution < -0.4 is 0 Å². The highest BCUT2D eigenvalue weighted by atomic mass is 19.4. The quantitative estimate of drug-likeness (QED) is 0.592. The van der Waals surface area contributed by atoms with Crippen LogP contribution >= 0.6 is 0 Å². The summed E-state index contributed by atoms with van der Waals surface area (Å²) in [6, 6.07) is 3.99. The molecule has 1 fully saturated rings. The first-order chi connectivity index (χ1) is 8.35. The molecule has 1 saturated heterocycles. The highest BCUT2D eigenvalue weighted by Gasteiger charge is 2.40. The van der Waals surface area contributed by atoms with Crippen molar-refractivity contribution >= 4 is 6.41 Å². The first-order valence-corrected chi connectivity index (χ1v) is 5.41. The second-order valence-electron chi connectivity index (χ2n) is 4.37. The predicted molar refractivity (Wildman–Crippen MR) is 56.5 cm³/mol. The summed E-state index contributed by atoms with van der Waals surface area (Å²) < 4.78 is 51.5. The smallest absolute Gasteiger partial charge is 0.342 e. The first kappa shape index (κ1) is 12.9. The van der Waals surface area contributed by atoms with Crippen molar-refractivity contribution in [2.24, 2.45) is 0 Å². The summed E-state index contributed by atoms with van der Waals surface area (Å²) in [7, 11) is 0. The minimum atomic E-state index is -4.42. The number of carbonyl (C=O) groups excluding carboxylic acids is 1. The average Bonchev–Trinajstić information content (AvgIpc) is 2.72. The Labute approximate surface area is 101 Å². The van der Waals surface area contributed by atoms with E-state index in [9.17, 15) is 22.4 Å². The molecule has 1 aromatic rings. The van der Waals surface area contributed by atoms with Crippen LogP contribution in [0.25, 0.3) is 0 Å². The molecular formula is C12H11F4NO. The molecule has 0 N–H and O–H groups in total. The van der Waals surface area contributed by atoms with E-state index in [1.807, 2.05) is 0 Å². The molecule has 1 amide bonds. The highest BCUT2D eigenvalue weighted by Crippen LogP contribution is 2.37. The van der Waals surface area contributed by atoms with Crippen LogP contribution in [0.5, 0.6) is 0 Å². The largest absolute Gasteiger partial charge is 0.416 e. The second-order valence-corrected chi connectivity index (χ2v) is 4.37. The molecule has 6 heteroatoms. The molecule has 0 bridgehead atoms. The van der Waals surface area contributed by atoms with Crippen LogP contribution in [0.1, 0.15) is 17.5 Å². The Balaban J connectivity index is 2.22. The standard InChI is InChI=1S/C12H11F4NO/c13-11(5-6-17(7-11)8-18)9-1-3-10(4-2-9)12(14,15)16/h1-4,8H,5-7H2/t11-/m1/s1. The van der Waals surface area contributed by atoms with Gasteiger partial charge in [0.25, 0.3) is 0 Å². The summed E-state index contributed by atoms with van der Waals surface area (Å²) in [4.78, 5) is 11.8. The molecule has 98 valence electrons. The highest BCUT2D eigenvalue weighted by molar-refractivity contribution is 5.48. The number of halogens is 4. The monoisotopic (exact) mass is 261 g/mol. The molecule has 1 aliphatic rings. The van der Waals surface area contributed by atoms with Crippen LogP contribution in [0.2, 0.25) is 0 Å². The van der Waals surface area contributed by atoms with Crippen molar-refractivity contribution in [3.05, 3.63) is 35.4 Å². The zero-order valence-corrected chi connectivity index (χ0v) is 9.38. The van der Waals surface area contributed by atoms with E-state index in [0.29, 0.717) is 6.41 Å². The number of nitrogens with zero attached hydrogens (tertiary/aromatic N) is 1. The van der Waals surface area contributed by atoms with Crippen molar-refractivity contribution in [3.8, 4) is 0 Å². The lowest BCUT2D eigenvalue weighted by Gasteiger charge is -2.20. The maximum absolute atomic E-state index is 14.4.